The zero-order chi connectivity index (χ0) is 15.5. The summed E-state index contributed by atoms with van der Waals surface area (Å²) in [6.45, 7) is 0.196. The highest BCUT2D eigenvalue weighted by Crippen LogP contribution is 2.22. The maximum atomic E-state index is 12.0. The lowest BCUT2D eigenvalue weighted by Crippen LogP contribution is -2.28. The Bertz CT molecular complexity index is 777. The average Bonchev–Trinajstić information content (AvgIpc) is 2.42. The van der Waals surface area contributed by atoms with E-state index in [1.807, 2.05) is 24.3 Å². The van der Waals surface area contributed by atoms with E-state index < -0.39 is 15.9 Å². The molecule has 0 unspecified atom stereocenters. The van der Waals surface area contributed by atoms with Gasteiger partial charge in [0.15, 0.2) is 0 Å². The summed E-state index contributed by atoms with van der Waals surface area (Å²) in [5.41, 5.74) is 0.189. The molecule has 0 aliphatic heterocycles. The number of aromatic nitrogens is 1. The van der Waals surface area contributed by atoms with Crippen molar-refractivity contribution in [3.8, 4) is 0 Å². The lowest BCUT2D eigenvalue weighted by Gasteiger charge is -2.06. The van der Waals surface area contributed by atoms with Crippen molar-refractivity contribution in [3.05, 3.63) is 41.2 Å². The van der Waals surface area contributed by atoms with Crippen molar-refractivity contribution >= 4 is 38.3 Å². The second kappa shape index (κ2) is 6.38. The Morgan fingerprint density at radius 3 is 2.76 bits per heavy atom. The summed E-state index contributed by atoms with van der Waals surface area (Å²) in [4.78, 5) is 16.0. The molecule has 0 aliphatic rings. The molecule has 0 saturated heterocycles. The number of sulfonamides is 1. The van der Waals surface area contributed by atoms with Gasteiger partial charge >= 0.3 is 0 Å². The largest absolute Gasteiger partial charge is 0.351 e. The molecule has 0 aliphatic carbocycles. The second-order valence-corrected chi connectivity index (χ2v) is 6.59. The van der Waals surface area contributed by atoms with Crippen LogP contribution in [0.4, 0.5) is 0 Å². The zero-order valence-electron chi connectivity index (χ0n) is 11.0. The number of nitrogens with two attached hydrogens (primary N) is 1. The Kier molecular flexibility index (Phi) is 4.76. The molecule has 0 saturated carbocycles. The van der Waals surface area contributed by atoms with E-state index in [4.69, 9.17) is 16.7 Å². The molecule has 0 fully saturated rings. The third kappa shape index (κ3) is 4.38. The molecule has 2 rings (SSSR count). The summed E-state index contributed by atoms with van der Waals surface area (Å²) in [6, 6.07) is 8.96. The third-order valence-corrected chi connectivity index (χ3v) is 3.96. The molecule has 1 heterocycles. The fourth-order valence-electron chi connectivity index (χ4n) is 1.84. The molecular formula is C13H14ClN3O3S. The first kappa shape index (κ1) is 15.7. The monoisotopic (exact) mass is 327 g/mol. The van der Waals surface area contributed by atoms with Crippen molar-refractivity contribution in [1.29, 1.82) is 0 Å². The van der Waals surface area contributed by atoms with Gasteiger partial charge in [0.1, 0.15) is 10.8 Å². The number of fused-ring (bicyclic) bond motifs is 1. The van der Waals surface area contributed by atoms with Crippen LogP contribution in [-0.2, 0) is 10.0 Å². The predicted molar refractivity (Wildman–Crippen MR) is 81.7 cm³/mol. The summed E-state index contributed by atoms with van der Waals surface area (Å²) in [7, 11) is -3.51. The average molecular weight is 328 g/mol. The number of benzene rings is 1. The molecule has 3 N–H and O–H groups in total. The van der Waals surface area contributed by atoms with Gasteiger partial charge in [0.25, 0.3) is 5.91 Å². The number of halogens is 1. The number of amides is 1. The van der Waals surface area contributed by atoms with E-state index in [1.54, 1.807) is 6.07 Å². The molecule has 1 aromatic heterocycles. The van der Waals surface area contributed by atoms with Crippen molar-refractivity contribution in [2.24, 2.45) is 5.14 Å². The first-order chi connectivity index (χ1) is 9.87. The smallest absolute Gasteiger partial charge is 0.269 e. The van der Waals surface area contributed by atoms with Gasteiger partial charge in [0, 0.05) is 11.9 Å². The zero-order valence-corrected chi connectivity index (χ0v) is 12.6. The second-order valence-electron chi connectivity index (χ2n) is 4.50. The Morgan fingerprint density at radius 2 is 2.05 bits per heavy atom. The van der Waals surface area contributed by atoms with Crippen LogP contribution in [0.15, 0.2) is 30.3 Å². The molecule has 1 aromatic carbocycles. The van der Waals surface area contributed by atoms with Gasteiger partial charge in [0.2, 0.25) is 10.0 Å². The number of hydrogen-bond acceptors (Lipinski definition) is 4. The Labute approximate surface area is 127 Å². The van der Waals surface area contributed by atoms with Crippen LogP contribution in [0.3, 0.4) is 0 Å². The molecule has 0 atom stereocenters. The summed E-state index contributed by atoms with van der Waals surface area (Å²) < 4.78 is 21.5. The maximum Gasteiger partial charge on any atom is 0.269 e. The summed E-state index contributed by atoms with van der Waals surface area (Å²) in [5, 5.41) is 9.29. The van der Waals surface area contributed by atoms with Gasteiger partial charge in [-0.1, -0.05) is 35.9 Å². The van der Waals surface area contributed by atoms with Crippen LogP contribution in [0.25, 0.3) is 10.8 Å². The number of carbonyl (C=O) groups excluding carboxylic acids is 1. The molecule has 21 heavy (non-hydrogen) atoms. The van der Waals surface area contributed by atoms with Crippen LogP contribution in [0.5, 0.6) is 0 Å². The van der Waals surface area contributed by atoms with E-state index >= 15 is 0 Å². The highest BCUT2D eigenvalue weighted by molar-refractivity contribution is 7.89. The third-order valence-electron chi connectivity index (χ3n) is 2.82. The standard InChI is InChI=1S/C13H14ClN3O3S/c14-12-10-5-2-1-4-9(10)8-11(17-12)13(18)16-6-3-7-21(15,19)20/h1-2,4-5,8H,3,6-7H2,(H,16,18)(H2,15,19,20). The van der Waals surface area contributed by atoms with Crippen molar-refractivity contribution in [3.63, 3.8) is 0 Å². The highest BCUT2D eigenvalue weighted by Gasteiger charge is 2.11. The van der Waals surface area contributed by atoms with E-state index in [9.17, 15) is 13.2 Å². The number of rotatable bonds is 5. The van der Waals surface area contributed by atoms with Crippen LogP contribution in [0.1, 0.15) is 16.9 Å². The number of pyridine rings is 1. The minimum absolute atomic E-state index is 0.181. The van der Waals surface area contributed by atoms with Gasteiger partial charge in [-0.15, -0.1) is 0 Å². The van der Waals surface area contributed by atoms with Gasteiger partial charge in [-0.3, -0.25) is 4.79 Å². The topological polar surface area (TPSA) is 102 Å². The van der Waals surface area contributed by atoms with Crippen molar-refractivity contribution in [2.45, 2.75) is 6.42 Å². The van der Waals surface area contributed by atoms with Crippen LogP contribution in [0.2, 0.25) is 5.15 Å². The van der Waals surface area contributed by atoms with Crippen molar-refractivity contribution in [1.82, 2.24) is 10.3 Å². The molecule has 1 amide bonds. The van der Waals surface area contributed by atoms with E-state index in [0.717, 1.165) is 10.8 Å². The van der Waals surface area contributed by atoms with E-state index in [0.29, 0.717) is 0 Å². The first-order valence-electron chi connectivity index (χ1n) is 6.21. The van der Waals surface area contributed by atoms with Crippen LogP contribution >= 0.6 is 11.6 Å². The van der Waals surface area contributed by atoms with Crippen molar-refractivity contribution < 1.29 is 13.2 Å². The molecule has 112 valence electrons. The van der Waals surface area contributed by atoms with Gasteiger partial charge in [-0.25, -0.2) is 18.5 Å². The Morgan fingerprint density at radius 1 is 1.33 bits per heavy atom. The van der Waals surface area contributed by atoms with Gasteiger partial charge < -0.3 is 5.32 Å². The quantitative estimate of drug-likeness (QED) is 0.638. The number of nitrogens with zero attached hydrogens (tertiary/aromatic N) is 1. The summed E-state index contributed by atoms with van der Waals surface area (Å²) in [6.07, 6.45) is 0.242. The van der Waals surface area contributed by atoms with Crippen LogP contribution in [-0.4, -0.2) is 31.6 Å². The summed E-state index contributed by atoms with van der Waals surface area (Å²) >= 11 is 6.04. The molecule has 0 spiro atoms. The minimum atomic E-state index is -3.51. The van der Waals surface area contributed by atoms with Gasteiger partial charge in [0.05, 0.1) is 5.75 Å². The number of primary sulfonamides is 1. The fraction of sp³-hybridized carbons (Fsp3) is 0.231. The van der Waals surface area contributed by atoms with Gasteiger partial charge in [-0.05, 0) is 17.9 Å². The lowest BCUT2D eigenvalue weighted by atomic mass is 10.1. The molecule has 0 radical (unpaired) electrons. The Hall–Kier alpha value is -1.70. The number of carbonyl (C=O) groups is 1. The maximum absolute atomic E-state index is 12.0. The lowest BCUT2D eigenvalue weighted by molar-refractivity contribution is 0.0949. The SMILES string of the molecule is NS(=O)(=O)CCCNC(=O)c1cc2ccccc2c(Cl)n1. The molecule has 0 bridgehead atoms. The van der Waals surface area contributed by atoms with E-state index in [1.165, 1.54) is 0 Å². The highest BCUT2D eigenvalue weighted by atomic mass is 35.5. The van der Waals surface area contributed by atoms with Crippen LogP contribution < -0.4 is 10.5 Å². The molecule has 2 aromatic rings. The van der Waals surface area contributed by atoms with E-state index in [2.05, 4.69) is 10.3 Å². The fourth-order valence-corrected chi connectivity index (χ4v) is 2.65. The van der Waals surface area contributed by atoms with Crippen LogP contribution in [0, 0.1) is 0 Å². The minimum Gasteiger partial charge on any atom is -0.351 e. The number of hydrogen-bond donors (Lipinski definition) is 2. The summed E-state index contributed by atoms with van der Waals surface area (Å²) in [5.74, 6) is -0.587. The number of nitrogens with one attached hydrogen (secondary N) is 1. The molecular weight excluding hydrogens is 314 g/mol. The van der Waals surface area contributed by atoms with Gasteiger partial charge in [-0.2, -0.15) is 0 Å². The van der Waals surface area contributed by atoms with E-state index in [-0.39, 0.29) is 29.6 Å². The first-order valence-corrected chi connectivity index (χ1v) is 8.30. The molecule has 8 heteroatoms. The predicted octanol–water partition coefficient (Wildman–Crippen LogP) is 1.30. The molecule has 6 nitrogen and oxygen atoms in total. The normalized spacial score (nSPS) is 11.5. The Balaban J connectivity index is 2.06. The van der Waals surface area contributed by atoms with Crippen molar-refractivity contribution in [2.75, 3.05) is 12.3 Å².